The Kier molecular flexibility index (Phi) is 6.17. The Morgan fingerprint density at radius 3 is 2.57 bits per heavy atom. The monoisotopic (exact) mass is 429 g/mol. The van der Waals surface area contributed by atoms with Gasteiger partial charge in [0, 0.05) is 23.6 Å². The number of imidazole rings is 1. The summed E-state index contributed by atoms with van der Waals surface area (Å²) in [5, 5.41) is 9.00. The number of carbonyl (C=O) groups is 2. The van der Waals surface area contributed by atoms with Gasteiger partial charge in [0.25, 0.3) is 10.0 Å². The van der Waals surface area contributed by atoms with Gasteiger partial charge in [-0.2, -0.15) is 0 Å². The molecule has 2 N–H and O–H groups in total. The Bertz CT molecular complexity index is 1170. The van der Waals surface area contributed by atoms with Crippen molar-refractivity contribution < 1.29 is 27.9 Å². The summed E-state index contributed by atoms with van der Waals surface area (Å²) in [6.45, 7) is 1.64. The number of nitrogens with one attached hydrogen (secondary N) is 1. The molecule has 0 bridgehead atoms. The largest absolute Gasteiger partial charge is 0.480 e. The van der Waals surface area contributed by atoms with Crippen LogP contribution in [0.1, 0.15) is 17.3 Å². The zero-order valence-corrected chi connectivity index (χ0v) is 16.8. The number of sulfonamides is 1. The van der Waals surface area contributed by atoms with E-state index in [9.17, 15) is 18.0 Å². The molecule has 0 saturated heterocycles. The van der Waals surface area contributed by atoms with Gasteiger partial charge in [0.15, 0.2) is 0 Å². The van der Waals surface area contributed by atoms with E-state index in [1.807, 2.05) is 0 Å². The van der Waals surface area contributed by atoms with E-state index in [1.54, 1.807) is 31.2 Å². The number of esters is 1. The molecule has 0 saturated carbocycles. The second kappa shape index (κ2) is 8.78. The lowest BCUT2D eigenvalue weighted by molar-refractivity contribution is -0.137. The van der Waals surface area contributed by atoms with Crippen LogP contribution in [0.3, 0.4) is 0 Å². The minimum absolute atomic E-state index is 0.0201. The Morgan fingerprint density at radius 2 is 1.90 bits per heavy atom. The number of ether oxygens (including phenoxy) is 1. The molecule has 0 atom stereocenters. The van der Waals surface area contributed by atoms with Crippen molar-refractivity contribution in [3.8, 4) is 11.4 Å². The highest BCUT2D eigenvalue weighted by Gasteiger charge is 2.17. The van der Waals surface area contributed by atoms with Gasteiger partial charge in [-0.3, -0.25) is 9.52 Å². The molecular formula is C20H19N3O6S. The Hall–Kier alpha value is -3.66. The van der Waals surface area contributed by atoms with Gasteiger partial charge in [-0.25, -0.2) is 18.2 Å². The Morgan fingerprint density at radius 1 is 1.17 bits per heavy atom. The minimum Gasteiger partial charge on any atom is -0.480 e. The van der Waals surface area contributed by atoms with Gasteiger partial charge in [-0.1, -0.05) is 12.1 Å². The molecule has 0 aliphatic rings. The van der Waals surface area contributed by atoms with Gasteiger partial charge in [0.1, 0.15) is 12.4 Å². The number of hydrogen-bond donors (Lipinski definition) is 2. The van der Waals surface area contributed by atoms with Crippen molar-refractivity contribution in [1.82, 2.24) is 9.55 Å². The van der Waals surface area contributed by atoms with E-state index in [2.05, 4.69) is 9.71 Å². The molecule has 1 aromatic heterocycles. The van der Waals surface area contributed by atoms with Gasteiger partial charge >= 0.3 is 11.9 Å². The molecule has 0 spiro atoms. The summed E-state index contributed by atoms with van der Waals surface area (Å²) in [5.41, 5.74) is 1.09. The molecule has 2 aromatic carbocycles. The lowest BCUT2D eigenvalue weighted by atomic mass is 10.2. The maximum absolute atomic E-state index is 12.7. The van der Waals surface area contributed by atoms with Crippen molar-refractivity contribution in [2.45, 2.75) is 18.4 Å². The van der Waals surface area contributed by atoms with E-state index in [1.165, 1.54) is 41.2 Å². The fourth-order valence-electron chi connectivity index (χ4n) is 2.76. The van der Waals surface area contributed by atoms with E-state index < -0.39 is 22.0 Å². The summed E-state index contributed by atoms with van der Waals surface area (Å²) < 4.78 is 34.2. The molecule has 0 aliphatic heterocycles. The number of nitrogens with zero attached hydrogens (tertiary/aromatic N) is 2. The van der Waals surface area contributed by atoms with Crippen molar-refractivity contribution in [3.05, 3.63) is 66.5 Å². The summed E-state index contributed by atoms with van der Waals surface area (Å²) in [5.74, 6) is -1.14. The molecule has 0 amide bonds. The van der Waals surface area contributed by atoms with Crippen molar-refractivity contribution in [2.75, 3.05) is 11.3 Å². The fourth-order valence-corrected chi connectivity index (χ4v) is 3.81. The standard InChI is InChI=1S/C20H19N3O6S/c1-2-29-20(26)14-6-8-17(9-7-14)30(27,28)22-16-5-3-4-15(12-16)19-21-10-11-23(19)13-18(24)25/h3-12,22H,2,13H2,1H3,(H,24,25). The average molecular weight is 429 g/mol. The second-order valence-electron chi connectivity index (χ2n) is 6.20. The molecule has 0 aliphatic carbocycles. The Labute approximate surface area is 173 Å². The van der Waals surface area contributed by atoms with Crippen LogP contribution in [-0.2, 0) is 26.1 Å². The quantitative estimate of drug-likeness (QED) is 0.527. The van der Waals surface area contributed by atoms with Crippen molar-refractivity contribution >= 4 is 27.6 Å². The van der Waals surface area contributed by atoms with Crippen LogP contribution in [0.2, 0.25) is 0 Å². The molecule has 156 valence electrons. The molecule has 3 aromatic rings. The highest BCUT2D eigenvalue weighted by molar-refractivity contribution is 7.92. The van der Waals surface area contributed by atoms with Gasteiger partial charge in [0.05, 0.1) is 17.1 Å². The number of rotatable bonds is 8. The van der Waals surface area contributed by atoms with Crippen molar-refractivity contribution in [3.63, 3.8) is 0 Å². The first-order chi connectivity index (χ1) is 14.3. The number of carboxylic acids is 1. The number of hydrogen-bond acceptors (Lipinski definition) is 6. The third kappa shape index (κ3) is 4.84. The predicted molar refractivity (Wildman–Crippen MR) is 109 cm³/mol. The molecule has 10 heteroatoms. The van der Waals surface area contributed by atoms with Crippen LogP contribution < -0.4 is 4.72 Å². The molecule has 3 rings (SSSR count). The van der Waals surface area contributed by atoms with E-state index in [0.29, 0.717) is 11.4 Å². The highest BCUT2D eigenvalue weighted by atomic mass is 32.2. The zero-order chi connectivity index (χ0) is 21.7. The summed E-state index contributed by atoms with van der Waals surface area (Å²) in [4.78, 5) is 26.8. The van der Waals surface area contributed by atoms with Crippen LogP contribution in [0.4, 0.5) is 5.69 Å². The summed E-state index contributed by atoms with van der Waals surface area (Å²) >= 11 is 0. The number of carboxylic acid groups (broad SMARTS) is 1. The molecule has 0 unspecified atom stereocenters. The molecule has 1 heterocycles. The van der Waals surface area contributed by atoms with Gasteiger partial charge in [-0.05, 0) is 43.3 Å². The zero-order valence-electron chi connectivity index (χ0n) is 16.0. The lowest BCUT2D eigenvalue weighted by Gasteiger charge is -2.11. The molecule has 0 fully saturated rings. The highest BCUT2D eigenvalue weighted by Crippen LogP contribution is 2.23. The third-order valence-electron chi connectivity index (χ3n) is 4.07. The first-order valence-corrected chi connectivity index (χ1v) is 10.4. The van der Waals surface area contributed by atoms with Crippen LogP contribution in [-0.4, -0.2) is 41.6 Å². The average Bonchev–Trinajstić information content (AvgIpc) is 3.15. The number of benzene rings is 2. The van der Waals surface area contributed by atoms with Crippen molar-refractivity contribution in [2.24, 2.45) is 0 Å². The first kappa shape index (κ1) is 21.1. The third-order valence-corrected chi connectivity index (χ3v) is 5.47. The fraction of sp³-hybridized carbons (Fsp3) is 0.150. The van der Waals surface area contributed by atoms with Crippen LogP contribution in [0.25, 0.3) is 11.4 Å². The van der Waals surface area contributed by atoms with Gasteiger partial charge < -0.3 is 14.4 Å². The van der Waals surface area contributed by atoms with E-state index in [-0.39, 0.29) is 29.3 Å². The van der Waals surface area contributed by atoms with Crippen LogP contribution in [0.5, 0.6) is 0 Å². The smallest absolute Gasteiger partial charge is 0.338 e. The lowest BCUT2D eigenvalue weighted by Crippen LogP contribution is -2.14. The summed E-state index contributed by atoms with van der Waals surface area (Å²) in [6, 6.07) is 11.9. The number of anilines is 1. The molecular weight excluding hydrogens is 410 g/mol. The minimum atomic E-state index is -3.91. The maximum Gasteiger partial charge on any atom is 0.338 e. The number of aromatic nitrogens is 2. The predicted octanol–water partition coefficient (Wildman–Crippen LogP) is 2.61. The van der Waals surface area contributed by atoms with Crippen LogP contribution >= 0.6 is 0 Å². The summed E-state index contributed by atoms with van der Waals surface area (Å²) in [6.07, 6.45) is 3.01. The number of aliphatic carboxylic acids is 1. The van der Waals surface area contributed by atoms with Crippen LogP contribution in [0.15, 0.2) is 65.8 Å². The summed E-state index contributed by atoms with van der Waals surface area (Å²) in [7, 11) is -3.91. The van der Waals surface area contributed by atoms with Gasteiger partial charge in [-0.15, -0.1) is 0 Å². The molecule has 9 nitrogen and oxygen atoms in total. The van der Waals surface area contributed by atoms with Crippen molar-refractivity contribution in [1.29, 1.82) is 0 Å². The molecule has 0 radical (unpaired) electrons. The van der Waals surface area contributed by atoms with E-state index in [0.717, 1.165) is 0 Å². The topological polar surface area (TPSA) is 128 Å². The maximum atomic E-state index is 12.7. The second-order valence-corrected chi connectivity index (χ2v) is 7.89. The van der Waals surface area contributed by atoms with Crippen LogP contribution in [0, 0.1) is 0 Å². The van der Waals surface area contributed by atoms with Gasteiger partial charge in [0.2, 0.25) is 0 Å². The van der Waals surface area contributed by atoms with E-state index in [4.69, 9.17) is 9.84 Å². The molecule has 30 heavy (non-hydrogen) atoms. The SMILES string of the molecule is CCOC(=O)c1ccc(S(=O)(=O)Nc2cccc(-c3nccn3CC(=O)O)c2)cc1. The Balaban J connectivity index is 1.83. The number of carbonyl (C=O) groups excluding carboxylic acids is 1. The normalized spacial score (nSPS) is 11.1. The first-order valence-electron chi connectivity index (χ1n) is 8.93. The van der Waals surface area contributed by atoms with E-state index >= 15 is 0 Å².